The van der Waals surface area contributed by atoms with E-state index >= 15 is 0 Å². The zero-order chi connectivity index (χ0) is 13.8. The van der Waals surface area contributed by atoms with Gasteiger partial charge in [0.15, 0.2) is 0 Å². The Kier molecular flexibility index (Phi) is 5.47. The summed E-state index contributed by atoms with van der Waals surface area (Å²) in [5.74, 6) is -0.209. The molecule has 0 saturated heterocycles. The Bertz CT molecular complexity index is 393. The molecule has 0 aliphatic heterocycles. The summed E-state index contributed by atoms with van der Waals surface area (Å²) in [6.07, 6.45) is -2.88. The van der Waals surface area contributed by atoms with E-state index in [1.54, 1.807) is 12.1 Å². The predicted octanol–water partition coefficient (Wildman–Crippen LogP) is 3.84. The van der Waals surface area contributed by atoms with E-state index < -0.39 is 6.36 Å². The maximum absolute atomic E-state index is 12.1. The Morgan fingerprint density at radius 3 is 2.44 bits per heavy atom. The van der Waals surface area contributed by atoms with Crippen molar-refractivity contribution < 1.29 is 17.9 Å². The fourth-order valence-corrected chi connectivity index (χ4v) is 2.01. The van der Waals surface area contributed by atoms with E-state index in [9.17, 15) is 13.2 Å². The standard InChI is InChI=1S/C12H15BrF3NO/c1-17(2)7-3-4-9-5-6-11(10(13)8-9)18-12(14,15)16/h5-6,8H,3-4,7H2,1-2H3. The fraction of sp³-hybridized carbons (Fsp3) is 0.500. The molecule has 0 aliphatic rings. The van der Waals surface area contributed by atoms with Crippen LogP contribution in [-0.2, 0) is 6.42 Å². The second-order valence-corrected chi connectivity index (χ2v) is 5.07. The Hall–Kier alpha value is -0.750. The number of benzene rings is 1. The van der Waals surface area contributed by atoms with E-state index in [1.165, 1.54) is 6.07 Å². The van der Waals surface area contributed by atoms with Crippen LogP contribution in [0, 0.1) is 0 Å². The molecule has 0 N–H and O–H groups in total. The lowest BCUT2D eigenvalue weighted by Crippen LogP contribution is -2.17. The van der Waals surface area contributed by atoms with Gasteiger partial charge in [0.05, 0.1) is 4.47 Å². The number of hydrogen-bond acceptors (Lipinski definition) is 2. The van der Waals surface area contributed by atoms with Crippen LogP contribution >= 0.6 is 15.9 Å². The first-order valence-corrected chi connectivity index (χ1v) is 6.26. The van der Waals surface area contributed by atoms with Gasteiger partial charge in [0, 0.05) is 0 Å². The maximum Gasteiger partial charge on any atom is 0.573 e. The molecule has 0 radical (unpaired) electrons. The Morgan fingerprint density at radius 2 is 1.94 bits per heavy atom. The molecule has 0 amide bonds. The molecular formula is C12H15BrF3NO. The van der Waals surface area contributed by atoms with Crippen LogP contribution in [-0.4, -0.2) is 31.9 Å². The van der Waals surface area contributed by atoms with Crippen molar-refractivity contribution in [3.05, 3.63) is 28.2 Å². The molecule has 0 fully saturated rings. The largest absolute Gasteiger partial charge is 0.573 e. The van der Waals surface area contributed by atoms with Gasteiger partial charge in [-0.3, -0.25) is 0 Å². The van der Waals surface area contributed by atoms with Gasteiger partial charge < -0.3 is 9.64 Å². The molecule has 0 saturated carbocycles. The molecular weight excluding hydrogens is 311 g/mol. The van der Waals surface area contributed by atoms with Crippen molar-refractivity contribution in [2.45, 2.75) is 19.2 Å². The number of nitrogens with zero attached hydrogens (tertiary/aromatic N) is 1. The summed E-state index contributed by atoms with van der Waals surface area (Å²) in [7, 11) is 3.96. The minimum absolute atomic E-state index is 0.209. The van der Waals surface area contributed by atoms with Gasteiger partial charge >= 0.3 is 6.36 Å². The number of aryl methyl sites for hydroxylation is 1. The van der Waals surface area contributed by atoms with E-state index in [2.05, 4.69) is 25.6 Å². The predicted molar refractivity (Wildman–Crippen MR) is 67.7 cm³/mol. The third kappa shape index (κ3) is 5.73. The summed E-state index contributed by atoms with van der Waals surface area (Å²) in [6.45, 7) is 0.943. The van der Waals surface area contributed by atoms with Crippen molar-refractivity contribution in [1.29, 1.82) is 0 Å². The van der Waals surface area contributed by atoms with E-state index in [0.29, 0.717) is 4.47 Å². The third-order valence-electron chi connectivity index (χ3n) is 2.29. The van der Waals surface area contributed by atoms with Gasteiger partial charge in [-0.2, -0.15) is 0 Å². The van der Waals surface area contributed by atoms with Crippen LogP contribution < -0.4 is 4.74 Å². The lowest BCUT2D eigenvalue weighted by atomic mass is 10.1. The zero-order valence-electron chi connectivity index (χ0n) is 10.2. The Morgan fingerprint density at radius 1 is 1.28 bits per heavy atom. The van der Waals surface area contributed by atoms with Gasteiger partial charge in [-0.05, 0) is 67.1 Å². The highest BCUT2D eigenvalue weighted by molar-refractivity contribution is 9.10. The molecule has 6 heteroatoms. The average Bonchev–Trinajstić information content (AvgIpc) is 2.19. The molecule has 0 spiro atoms. The minimum Gasteiger partial charge on any atom is -0.405 e. The second kappa shape index (κ2) is 6.43. The summed E-state index contributed by atoms with van der Waals surface area (Å²) in [5.41, 5.74) is 0.984. The molecule has 18 heavy (non-hydrogen) atoms. The summed E-state index contributed by atoms with van der Waals surface area (Å²) in [5, 5.41) is 0. The maximum atomic E-state index is 12.1. The van der Waals surface area contributed by atoms with Crippen LogP contribution in [0.5, 0.6) is 5.75 Å². The normalized spacial score (nSPS) is 11.9. The van der Waals surface area contributed by atoms with Gasteiger partial charge in [-0.15, -0.1) is 13.2 Å². The first kappa shape index (κ1) is 15.3. The van der Waals surface area contributed by atoms with Crippen molar-refractivity contribution in [2.24, 2.45) is 0 Å². The molecule has 1 aromatic rings. The first-order valence-electron chi connectivity index (χ1n) is 5.47. The Balaban J connectivity index is 2.62. The zero-order valence-corrected chi connectivity index (χ0v) is 11.8. The minimum atomic E-state index is -4.66. The number of ether oxygens (including phenoxy) is 1. The number of rotatable bonds is 5. The van der Waals surface area contributed by atoms with Crippen molar-refractivity contribution in [1.82, 2.24) is 4.90 Å². The lowest BCUT2D eigenvalue weighted by Gasteiger charge is -2.12. The van der Waals surface area contributed by atoms with Crippen LogP contribution in [0.1, 0.15) is 12.0 Å². The van der Waals surface area contributed by atoms with Crippen molar-refractivity contribution in [3.63, 3.8) is 0 Å². The van der Waals surface area contributed by atoms with Crippen LogP contribution in [0.25, 0.3) is 0 Å². The highest BCUT2D eigenvalue weighted by Gasteiger charge is 2.31. The van der Waals surface area contributed by atoms with Crippen molar-refractivity contribution in [2.75, 3.05) is 20.6 Å². The molecule has 2 nitrogen and oxygen atoms in total. The third-order valence-corrected chi connectivity index (χ3v) is 2.91. The van der Waals surface area contributed by atoms with E-state index in [0.717, 1.165) is 24.9 Å². The summed E-state index contributed by atoms with van der Waals surface area (Å²) >= 11 is 3.09. The van der Waals surface area contributed by atoms with Crippen molar-refractivity contribution >= 4 is 15.9 Å². The van der Waals surface area contributed by atoms with E-state index in [4.69, 9.17) is 0 Å². The second-order valence-electron chi connectivity index (χ2n) is 4.22. The summed E-state index contributed by atoms with van der Waals surface area (Å²) in [6, 6.07) is 4.65. The summed E-state index contributed by atoms with van der Waals surface area (Å²) < 4.78 is 40.4. The monoisotopic (exact) mass is 325 g/mol. The van der Waals surface area contributed by atoms with Gasteiger partial charge in [-0.25, -0.2) is 0 Å². The molecule has 0 aliphatic carbocycles. The molecule has 0 unspecified atom stereocenters. The van der Waals surface area contributed by atoms with Crippen LogP contribution in [0.3, 0.4) is 0 Å². The van der Waals surface area contributed by atoms with E-state index in [1.807, 2.05) is 14.1 Å². The first-order chi connectivity index (χ1) is 8.28. The molecule has 1 rings (SSSR count). The van der Waals surface area contributed by atoms with Gasteiger partial charge in [0.2, 0.25) is 0 Å². The molecule has 0 bridgehead atoms. The molecule has 0 aromatic heterocycles. The smallest absolute Gasteiger partial charge is 0.405 e. The highest BCUT2D eigenvalue weighted by atomic mass is 79.9. The van der Waals surface area contributed by atoms with Crippen LogP contribution in [0.2, 0.25) is 0 Å². The van der Waals surface area contributed by atoms with Gasteiger partial charge in [0.1, 0.15) is 5.75 Å². The molecule has 0 heterocycles. The van der Waals surface area contributed by atoms with Gasteiger partial charge in [0.25, 0.3) is 0 Å². The topological polar surface area (TPSA) is 12.5 Å². The number of halogens is 4. The van der Waals surface area contributed by atoms with Crippen molar-refractivity contribution in [3.8, 4) is 5.75 Å². The fourth-order valence-electron chi connectivity index (χ4n) is 1.51. The quantitative estimate of drug-likeness (QED) is 0.815. The summed E-state index contributed by atoms with van der Waals surface area (Å²) in [4.78, 5) is 2.07. The molecule has 102 valence electrons. The highest BCUT2D eigenvalue weighted by Crippen LogP contribution is 2.31. The van der Waals surface area contributed by atoms with E-state index in [-0.39, 0.29) is 5.75 Å². The molecule has 1 aromatic carbocycles. The van der Waals surface area contributed by atoms with Crippen LogP contribution in [0.15, 0.2) is 22.7 Å². The molecule has 0 atom stereocenters. The van der Waals surface area contributed by atoms with Crippen LogP contribution in [0.4, 0.5) is 13.2 Å². The SMILES string of the molecule is CN(C)CCCc1ccc(OC(F)(F)F)c(Br)c1. The number of hydrogen-bond donors (Lipinski definition) is 0. The van der Waals surface area contributed by atoms with Gasteiger partial charge in [-0.1, -0.05) is 6.07 Å². The lowest BCUT2D eigenvalue weighted by molar-refractivity contribution is -0.274. The Labute approximate surface area is 113 Å². The average molecular weight is 326 g/mol. The number of alkyl halides is 3.